The van der Waals surface area contributed by atoms with E-state index in [1.807, 2.05) is 31.2 Å². The molecule has 3 rings (SSSR count). The van der Waals surface area contributed by atoms with E-state index in [0.29, 0.717) is 17.9 Å². The molecule has 6 nitrogen and oxygen atoms in total. The van der Waals surface area contributed by atoms with Crippen LogP contribution in [0.3, 0.4) is 0 Å². The number of hydrogen-bond acceptors (Lipinski definition) is 5. The molecule has 0 aromatic heterocycles. The molecule has 0 bridgehead atoms. The third kappa shape index (κ3) is 4.82. The number of amides is 1. The van der Waals surface area contributed by atoms with Crippen LogP contribution in [0.2, 0.25) is 0 Å². The number of esters is 1. The van der Waals surface area contributed by atoms with Crippen molar-refractivity contribution in [2.45, 2.75) is 13.3 Å². The molecule has 6 heteroatoms. The maximum absolute atomic E-state index is 12.2. The number of ether oxygens (including phenoxy) is 2. The van der Waals surface area contributed by atoms with Gasteiger partial charge in [0.1, 0.15) is 5.75 Å². The SMILES string of the molecule is CCOc1ccc(/C=C/C(=O)OCC(=O)c2ccc3c(c2)CC(=O)N3)cc1. The van der Waals surface area contributed by atoms with E-state index in [1.54, 1.807) is 24.3 Å². The Morgan fingerprint density at radius 3 is 2.67 bits per heavy atom. The second-order valence-electron chi connectivity index (χ2n) is 5.96. The number of anilines is 1. The molecule has 1 amide bonds. The maximum atomic E-state index is 12.2. The van der Waals surface area contributed by atoms with Crippen LogP contribution in [0.25, 0.3) is 6.08 Å². The molecular formula is C21H19NO5. The molecule has 27 heavy (non-hydrogen) atoms. The van der Waals surface area contributed by atoms with Gasteiger partial charge in [0.2, 0.25) is 5.91 Å². The first-order valence-corrected chi connectivity index (χ1v) is 8.59. The van der Waals surface area contributed by atoms with Crippen molar-refractivity contribution in [3.05, 3.63) is 65.2 Å². The maximum Gasteiger partial charge on any atom is 0.331 e. The van der Waals surface area contributed by atoms with Crippen LogP contribution >= 0.6 is 0 Å². The van der Waals surface area contributed by atoms with Gasteiger partial charge < -0.3 is 14.8 Å². The minimum absolute atomic E-state index is 0.0968. The number of nitrogens with one attached hydrogen (secondary N) is 1. The Hall–Kier alpha value is -3.41. The van der Waals surface area contributed by atoms with Gasteiger partial charge in [0.25, 0.3) is 0 Å². The highest BCUT2D eigenvalue weighted by Crippen LogP contribution is 2.24. The molecular weight excluding hydrogens is 346 g/mol. The van der Waals surface area contributed by atoms with Crippen molar-refractivity contribution in [1.29, 1.82) is 0 Å². The van der Waals surface area contributed by atoms with Gasteiger partial charge in [-0.3, -0.25) is 9.59 Å². The number of Topliss-reactive ketones (excluding diaryl/α,β-unsaturated/α-hetero) is 1. The van der Waals surface area contributed by atoms with Crippen molar-refractivity contribution < 1.29 is 23.9 Å². The number of carbonyl (C=O) groups is 3. The van der Waals surface area contributed by atoms with Crippen LogP contribution in [0.15, 0.2) is 48.5 Å². The van der Waals surface area contributed by atoms with E-state index in [-0.39, 0.29) is 24.7 Å². The Balaban J connectivity index is 1.52. The molecule has 1 heterocycles. The quantitative estimate of drug-likeness (QED) is 0.463. The van der Waals surface area contributed by atoms with Gasteiger partial charge in [-0.2, -0.15) is 0 Å². The van der Waals surface area contributed by atoms with Gasteiger partial charge in [-0.05, 0) is 54.5 Å². The lowest BCUT2D eigenvalue weighted by molar-refractivity contribution is -0.136. The standard InChI is InChI=1S/C21H19NO5/c1-2-26-17-7-3-14(4-8-17)5-10-21(25)27-13-19(23)15-6-9-18-16(11-15)12-20(24)22-18/h3-11H,2,12-13H2,1H3,(H,22,24)/b10-5+. The summed E-state index contributed by atoms with van der Waals surface area (Å²) < 4.78 is 10.4. The third-order valence-electron chi connectivity index (χ3n) is 4.00. The van der Waals surface area contributed by atoms with E-state index in [4.69, 9.17) is 9.47 Å². The van der Waals surface area contributed by atoms with E-state index >= 15 is 0 Å². The zero-order chi connectivity index (χ0) is 19.2. The summed E-state index contributed by atoms with van der Waals surface area (Å²) in [5.41, 5.74) is 2.71. The molecule has 1 aliphatic heterocycles. The minimum Gasteiger partial charge on any atom is -0.494 e. The Labute approximate surface area is 156 Å². The van der Waals surface area contributed by atoms with Gasteiger partial charge in [0.15, 0.2) is 12.4 Å². The van der Waals surface area contributed by atoms with Crippen LogP contribution in [0.4, 0.5) is 5.69 Å². The number of rotatable bonds is 7. The minimum atomic E-state index is -0.602. The van der Waals surface area contributed by atoms with Gasteiger partial charge in [-0.15, -0.1) is 0 Å². The molecule has 0 aliphatic carbocycles. The van der Waals surface area contributed by atoms with Crippen molar-refractivity contribution in [1.82, 2.24) is 0 Å². The highest BCUT2D eigenvalue weighted by Gasteiger charge is 2.19. The van der Waals surface area contributed by atoms with Crippen molar-refractivity contribution in [2.24, 2.45) is 0 Å². The topological polar surface area (TPSA) is 81.7 Å². The third-order valence-corrected chi connectivity index (χ3v) is 4.00. The largest absolute Gasteiger partial charge is 0.494 e. The Morgan fingerprint density at radius 2 is 1.93 bits per heavy atom. The van der Waals surface area contributed by atoms with E-state index < -0.39 is 5.97 Å². The summed E-state index contributed by atoms with van der Waals surface area (Å²) in [6, 6.07) is 12.2. The fraction of sp³-hybridized carbons (Fsp3) is 0.190. The van der Waals surface area contributed by atoms with Crippen LogP contribution in [-0.4, -0.2) is 30.9 Å². The molecule has 1 N–H and O–H groups in total. The normalized spacial score (nSPS) is 12.6. The smallest absolute Gasteiger partial charge is 0.331 e. The molecule has 138 valence electrons. The number of hydrogen-bond donors (Lipinski definition) is 1. The fourth-order valence-corrected chi connectivity index (χ4v) is 2.68. The van der Waals surface area contributed by atoms with Gasteiger partial charge in [-0.1, -0.05) is 12.1 Å². The molecule has 0 atom stereocenters. The fourth-order valence-electron chi connectivity index (χ4n) is 2.68. The molecule has 0 saturated carbocycles. The lowest BCUT2D eigenvalue weighted by Gasteiger charge is -2.04. The Kier molecular flexibility index (Phi) is 5.66. The first-order valence-electron chi connectivity index (χ1n) is 8.59. The molecule has 0 fully saturated rings. The van der Waals surface area contributed by atoms with E-state index in [9.17, 15) is 14.4 Å². The van der Waals surface area contributed by atoms with Crippen molar-refractivity contribution in [3.8, 4) is 5.75 Å². The van der Waals surface area contributed by atoms with Crippen LogP contribution in [0.1, 0.15) is 28.4 Å². The summed E-state index contributed by atoms with van der Waals surface area (Å²) in [5.74, 6) is -0.260. The summed E-state index contributed by atoms with van der Waals surface area (Å²) >= 11 is 0. The first kappa shape index (κ1) is 18.4. The van der Waals surface area contributed by atoms with Crippen molar-refractivity contribution >= 4 is 29.4 Å². The first-order chi connectivity index (χ1) is 13.0. The predicted molar refractivity (Wildman–Crippen MR) is 101 cm³/mol. The monoisotopic (exact) mass is 365 g/mol. The van der Waals surface area contributed by atoms with Crippen LogP contribution in [0, 0.1) is 0 Å². The highest BCUT2D eigenvalue weighted by atomic mass is 16.5. The Bertz CT molecular complexity index is 899. The highest BCUT2D eigenvalue weighted by molar-refractivity contribution is 6.03. The molecule has 1 aliphatic rings. The van der Waals surface area contributed by atoms with E-state index in [1.165, 1.54) is 6.08 Å². The zero-order valence-electron chi connectivity index (χ0n) is 14.9. The van der Waals surface area contributed by atoms with Gasteiger partial charge in [-0.25, -0.2) is 4.79 Å². The second-order valence-corrected chi connectivity index (χ2v) is 5.96. The molecule has 0 saturated heterocycles. The van der Waals surface area contributed by atoms with E-state index in [0.717, 1.165) is 16.9 Å². The van der Waals surface area contributed by atoms with Crippen LogP contribution in [-0.2, 0) is 20.7 Å². The molecule has 0 unspecified atom stereocenters. The molecule has 0 spiro atoms. The van der Waals surface area contributed by atoms with Crippen molar-refractivity contribution in [2.75, 3.05) is 18.5 Å². The number of carbonyl (C=O) groups excluding carboxylic acids is 3. The zero-order valence-corrected chi connectivity index (χ0v) is 14.9. The van der Waals surface area contributed by atoms with Crippen LogP contribution in [0.5, 0.6) is 5.75 Å². The van der Waals surface area contributed by atoms with Crippen molar-refractivity contribution in [3.63, 3.8) is 0 Å². The van der Waals surface area contributed by atoms with E-state index in [2.05, 4.69) is 5.32 Å². The van der Waals surface area contributed by atoms with Gasteiger partial charge in [0, 0.05) is 17.3 Å². The average Bonchev–Trinajstić information content (AvgIpc) is 3.05. The predicted octanol–water partition coefficient (Wildman–Crippen LogP) is 3.02. The molecule has 2 aromatic rings. The number of fused-ring (bicyclic) bond motifs is 1. The lowest BCUT2D eigenvalue weighted by Crippen LogP contribution is -2.12. The number of ketones is 1. The summed E-state index contributed by atoms with van der Waals surface area (Å²) in [6.45, 7) is 2.14. The second kappa shape index (κ2) is 8.31. The number of benzene rings is 2. The Morgan fingerprint density at radius 1 is 1.15 bits per heavy atom. The van der Waals surface area contributed by atoms with Crippen LogP contribution < -0.4 is 10.1 Å². The summed E-state index contributed by atoms with van der Waals surface area (Å²) in [4.78, 5) is 35.4. The summed E-state index contributed by atoms with van der Waals surface area (Å²) in [6.07, 6.45) is 3.13. The van der Waals surface area contributed by atoms with Gasteiger partial charge in [0.05, 0.1) is 13.0 Å². The summed E-state index contributed by atoms with van der Waals surface area (Å²) in [5, 5.41) is 2.70. The molecule has 0 radical (unpaired) electrons. The summed E-state index contributed by atoms with van der Waals surface area (Å²) in [7, 11) is 0. The van der Waals surface area contributed by atoms with Gasteiger partial charge >= 0.3 is 5.97 Å². The molecule has 2 aromatic carbocycles. The lowest BCUT2D eigenvalue weighted by atomic mass is 10.1. The average molecular weight is 365 g/mol.